The number of aromatic nitrogens is 1. The number of hydrogen-bond donors (Lipinski definition) is 0. The van der Waals surface area contributed by atoms with Gasteiger partial charge in [-0.25, -0.2) is 0 Å². The Kier molecular flexibility index (Phi) is 2.82. The summed E-state index contributed by atoms with van der Waals surface area (Å²) in [6, 6.07) is 9.59. The maximum atomic E-state index is 10.7. The van der Waals surface area contributed by atoms with Gasteiger partial charge in [0.2, 0.25) is 0 Å². The first-order valence-electron chi connectivity index (χ1n) is 5.19. The lowest BCUT2D eigenvalue weighted by Crippen LogP contribution is -1.90. The van der Waals surface area contributed by atoms with Crippen molar-refractivity contribution in [2.75, 3.05) is 0 Å². The minimum atomic E-state index is 0.680. The monoisotopic (exact) mass is 211 g/mol. The van der Waals surface area contributed by atoms with Gasteiger partial charge in [-0.1, -0.05) is 24.3 Å². The Labute approximate surface area is 95.0 Å². The van der Waals surface area contributed by atoms with Gasteiger partial charge < -0.3 is 0 Å². The molecule has 0 amide bonds. The number of hydrogen-bond acceptors (Lipinski definition) is 2. The van der Waals surface area contributed by atoms with Crippen molar-refractivity contribution in [2.45, 2.75) is 13.8 Å². The Morgan fingerprint density at radius 3 is 2.69 bits per heavy atom. The van der Waals surface area contributed by atoms with Crippen molar-refractivity contribution < 1.29 is 4.79 Å². The summed E-state index contributed by atoms with van der Waals surface area (Å²) in [6.45, 7) is 4.05. The lowest BCUT2D eigenvalue weighted by atomic mass is 10.0. The van der Waals surface area contributed by atoms with Gasteiger partial charge in [-0.05, 0) is 31.0 Å². The molecule has 0 saturated carbocycles. The number of carbonyl (C=O) groups excluding carboxylic acids is 1. The summed E-state index contributed by atoms with van der Waals surface area (Å²) in [7, 11) is 0. The Hall–Kier alpha value is -1.96. The summed E-state index contributed by atoms with van der Waals surface area (Å²) in [5, 5.41) is 0. The standard InChI is InChI=1S/C14H13NO/c1-10-6-11(2)14(15-8-10)13-5-3-4-12(7-13)9-16/h3-9H,1-2H3. The molecule has 80 valence electrons. The zero-order chi connectivity index (χ0) is 11.5. The number of rotatable bonds is 2. The number of pyridine rings is 1. The molecule has 16 heavy (non-hydrogen) atoms. The van der Waals surface area contributed by atoms with Crippen LogP contribution in [0.1, 0.15) is 21.5 Å². The summed E-state index contributed by atoms with van der Waals surface area (Å²) in [6.07, 6.45) is 2.70. The highest BCUT2D eigenvalue weighted by Crippen LogP contribution is 2.21. The molecule has 0 N–H and O–H groups in total. The second kappa shape index (κ2) is 4.27. The molecule has 0 saturated heterocycles. The third-order valence-electron chi connectivity index (χ3n) is 2.51. The first-order chi connectivity index (χ1) is 7.70. The van der Waals surface area contributed by atoms with E-state index in [0.29, 0.717) is 5.56 Å². The molecule has 2 nitrogen and oxygen atoms in total. The van der Waals surface area contributed by atoms with Crippen molar-refractivity contribution in [1.29, 1.82) is 0 Å². The maximum absolute atomic E-state index is 10.7. The molecule has 0 atom stereocenters. The molecule has 2 heteroatoms. The smallest absolute Gasteiger partial charge is 0.150 e. The van der Waals surface area contributed by atoms with Crippen LogP contribution in [0.5, 0.6) is 0 Å². The van der Waals surface area contributed by atoms with Gasteiger partial charge in [0.25, 0.3) is 0 Å². The van der Waals surface area contributed by atoms with Crippen LogP contribution in [0.25, 0.3) is 11.3 Å². The predicted octanol–water partition coefficient (Wildman–Crippen LogP) is 3.18. The van der Waals surface area contributed by atoms with Crippen LogP contribution in [0.3, 0.4) is 0 Å². The molecule has 0 unspecified atom stereocenters. The molecular weight excluding hydrogens is 198 g/mol. The first kappa shape index (κ1) is 10.6. The molecule has 1 aromatic carbocycles. The molecule has 2 rings (SSSR count). The van der Waals surface area contributed by atoms with Gasteiger partial charge in [-0.3, -0.25) is 9.78 Å². The SMILES string of the molecule is Cc1cnc(-c2cccc(C=O)c2)c(C)c1. The minimum Gasteiger partial charge on any atom is -0.298 e. The van der Waals surface area contributed by atoms with E-state index in [1.807, 2.05) is 38.2 Å². The largest absolute Gasteiger partial charge is 0.298 e. The summed E-state index contributed by atoms with van der Waals surface area (Å²) < 4.78 is 0. The number of nitrogens with zero attached hydrogens (tertiary/aromatic N) is 1. The number of benzene rings is 1. The number of aldehydes is 1. The maximum Gasteiger partial charge on any atom is 0.150 e. The van der Waals surface area contributed by atoms with Crippen LogP contribution in [-0.4, -0.2) is 11.3 Å². The fraction of sp³-hybridized carbons (Fsp3) is 0.143. The van der Waals surface area contributed by atoms with Crippen LogP contribution in [0.15, 0.2) is 36.5 Å². The minimum absolute atomic E-state index is 0.680. The van der Waals surface area contributed by atoms with E-state index in [9.17, 15) is 4.79 Å². The van der Waals surface area contributed by atoms with Gasteiger partial charge in [0, 0.05) is 17.3 Å². The predicted molar refractivity (Wildman–Crippen MR) is 64.5 cm³/mol. The van der Waals surface area contributed by atoms with Crippen LogP contribution < -0.4 is 0 Å². The topological polar surface area (TPSA) is 30.0 Å². The Morgan fingerprint density at radius 2 is 2.00 bits per heavy atom. The molecule has 0 bridgehead atoms. The van der Waals surface area contributed by atoms with E-state index < -0.39 is 0 Å². The van der Waals surface area contributed by atoms with Crippen LogP contribution in [0.4, 0.5) is 0 Å². The summed E-state index contributed by atoms with van der Waals surface area (Å²) >= 11 is 0. The van der Waals surface area contributed by atoms with Crippen molar-refractivity contribution in [2.24, 2.45) is 0 Å². The average Bonchev–Trinajstić information content (AvgIpc) is 2.29. The van der Waals surface area contributed by atoms with E-state index in [0.717, 1.165) is 28.7 Å². The Bertz CT molecular complexity index is 532. The normalized spacial score (nSPS) is 10.1. The summed E-state index contributed by atoms with van der Waals surface area (Å²) in [5.41, 5.74) is 4.88. The highest BCUT2D eigenvalue weighted by atomic mass is 16.1. The van der Waals surface area contributed by atoms with Gasteiger partial charge >= 0.3 is 0 Å². The average molecular weight is 211 g/mol. The van der Waals surface area contributed by atoms with Crippen LogP contribution >= 0.6 is 0 Å². The zero-order valence-corrected chi connectivity index (χ0v) is 9.40. The van der Waals surface area contributed by atoms with E-state index in [4.69, 9.17) is 0 Å². The van der Waals surface area contributed by atoms with Crippen LogP contribution in [-0.2, 0) is 0 Å². The third-order valence-corrected chi connectivity index (χ3v) is 2.51. The number of aryl methyl sites for hydroxylation is 2. The molecule has 1 aromatic heterocycles. The third kappa shape index (κ3) is 2.01. The van der Waals surface area contributed by atoms with Crippen molar-refractivity contribution in [1.82, 2.24) is 4.98 Å². The molecule has 1 heterocycles. The second-order valence-electron chi connectivity index (χ2n) is 3.92. The van der Waals surface area contributed by atoms with Gasteiger partial charge in [-0.15, -0.1) is 0 Å². The van der Waals surface area contributed by atoms with E-state index in [1.54, 1.807) is 6.07 Å². The molecule has 0 aliphatic carbocycles. The summed E-state index contributed by atoms with van der Waals surface area (Å²) in [4.78, 5) is 15.1. The zero-order valence-electron chi connectivity index (χ0n) is 9.40. The Balaban J connectivity index is 2.53. The molecule has 0 aliphatic rings. The lowest BCUT2D eigenvalue weighted by Gasteiger charge is -2.06. The van der Waals surface area contributed by atoms with E-state index in [2.05, 4.69) is 11.1 Å². The molecular formula is C14H13NO. The molecule has 0 spiro atoms. The van der Waals surface area contributed by atoms with E-state index in [1.165, 1.54) is 0 Å². The van der Waals surface area contributed by atoms with Crippen molar-refractivity contribution in [3.05, 3.63) is 53.2 Å². The Morgan fingerprint density at radius 1 is 1.19 bits per heavy atom. The molecule has 0 fully saturated rings. The second-order valence-corrected chi connectivity index (χ2v) is 3.92. The fourth-order valence-corrected chi connectivity index (χ4v) is 1.78. The summed E-state index contributed by atoms with van der Waals surface area (Å²) in [5.74, 6) is 0. The fourth-order valence-electron chi connectivity index (χ4n) is 1.78. The highest BCUT2D eigenvalue weighted by molar-refractivity contribution is 5.78. The van der Waals surface area contributed by atoms with E-state index >= 15 is 0 Å². The number of carbonyl (C=O) groups is 1. The quantitative estimate of drug-likeness (QED) is 0.714. The molecule has 0 radical (unpaired) electrons. The first-order valence-corrected chi connectivity index (χ1v) is 5.19. The van der Waals surface area contributed by atoms with Crippen molar-refractivity contribution in [3.63, 3.8) is 0 Å². The highest BCUT2D eigenvalue weighted by Gasteiger charge is 2.04. The lowest BCUT2D eigenvalue weighted by molar-refractivity contribution is 0.112. The molecule has 0 aliphatic heterocycles. The van der Waals surface area contributed by atoms with Crippen LogP contribution in [0, 0.1) is 13.8 Å². The van der Waals surface area contributed by atoms with Crippen molar-refractivity contribution >= 4 is 6.29 Å². The van der Waals surface area contributed by atoms with Gasteiger partial charge in [-0.2, -0.15) is 0 Å². The molecule has 2 aromatic rings. The van der Waals surface area contributed by atoms with E-state index in [-0.39, 0.29) is 0 Å². The van der Waals surface area contributed by atoms with Gasteiger partial charge in [0.15, 0.2) is 0 Å². The van der Waals surface area contributed by atoms with Gasteiger partial charge in [0.1, 0.15) is 6.29 Å². The van der Waals surface area contributed by atoms with Crippen LogP contribution in [0.2, 0.25) is 0 Å². The van der Waals surface area contributed by atoms with Gasteiger partial charge in [0.05, 0.1) is 5.69 Å². The van der Waals surface area contributed by atoms with Crippen molar-refractivity contribution in [3.8, 4) is 11.3 Å².